The predicted molar refractivity (Wildman–Crippen MR) is 100 cm³/mol. The zero-order chi connectivity index (χ0) is 16.8. The van der Waals surface area contributed by atoms with Crippen molar-refractivity contribution in [2.75, 3.05) is 0 Å². The highest BCUT2D eigenvalue weighted by atomic mass is 32.1. The van der Waals surface area contributed by atoms with Crippen LogP contribution in [0.5, 0.6) is 0 Å². The van der Waals surface area contributed by atoms with Crippen molar-refractivity contribution in [3.63, 3.8) is 0 Å². The zero-order valence-corrected chi connectivity index (χ0v) is 14.0. The Balaban J connectivity index is 1.97. The van der Waals surface area contributed by atoms with Crippen LogP contribution in [0.2, 0.25) is 0 Å². The fraction of sp³-hybridized carbons (Fsp3) is 0.0500. The van der Waals surface area contributed by atoms with Gasteiger partial charge in [-0.1, -0.05) is 60.7 Å². The number of aryl methyl sites for hydroxylation is 1. The summed E-state index contributed by atoms with van der Waals surface area (Å²) in [5.41, 5.74) is 2.84. The van der Waals surface area contributed by atoms with E-state index in [0.717, 1.165) is 16.0 Å². The summed E-state index contributed by atoms with van der Waals surface area (Å²) in [6.45, 7) is 2.02. The average Bonchev–Trinajstić information content (AvgIpc) is 3.05. The van der Waals surface area contributed by atoms with Gasteiger partial charge in [-0.05, 0) is 23.9 Å². The Bertz CT molecular complexity index is 880. The SMILES string of the molecule is Cc1ccsc1/C=N/N=C(/C(=O)c1ccccc1)c1ccccc1. The minimum Gasteiger partial charge on any atom is -0.287 e. The molecule has 0 aliphatic carbocycles. The molecule has 1 heterocycles. The molecule has 24 heavy (non-hydrogen) atoms. The molecule has 0 atom stereocenters. The summed E-state index contributed by atoms with van der Waals surface area (Å²) in [6, 6.07) is 20.6. The first kappa shape index (κ1) is 16.0. The fourth-order valence-corrected chi connectivity index (χ4v) is 2.99. The number of benzene rings is 2. The molecular formula is C20H16N2OS. The number of thiophene rings is 1. The Kier molecular flexibility index (Phi) is 5.08. The third-order valence-corrected chi connectivity index (χ3v) is 4.49. The van der Waals surface area contributed by atoms with Crippen molar-refractivity contribution in [1.82, 2.24) is 0 Å². The molecule has 3 nitrogen and oxygen atoms in total. The van der Waals surface area contributed by atoms with Gasteiger partial charge in [-0.2, -0.15) is 5.10 Å². The zero-order valence-electron chi connectivity index (χ0n) is 13.2. The molecule has 0 saturated carbocycles. The molecule has 0 amide bonds. The molecular weight excluding hydrogens is 316 g/mol. The molecule has 0 aliphatic heterocycles. The number of nitrogens with zero attached hydrogens (tertiary/aromatic N) is 2. The van der Waals surface area contributed by atoms with Crippen LogP contribution in [-0.4, -0.2) is 17.7 Å². The third kappa shape index (κ3) is 3.73. The number of hydrogen-bond acceptors (Lipinski definition) is 4. The van der Waals surface area contributed by atoms with E-state index in [4.69, 9.17) is 0 Å². The Labute approximate surface area is 145 Å². The minimum absolute atomic E-state index is 0.137. The largest absolute Gasteiger partial charge is 0.287 e. The van der Waals surface area contributed by atoms with Crippen molar-refractivity contribution in [2.45, 2.75) is 6.92 Å². The van der Waals surface area contributed by atoms with E-state index in [2.05, 4.69) is 10.2 Å². The average molecular weight is 332 g/mol. The van der Waals surface area contributed by atoms with Crippen LogP contribution in [0.4, 0.5) is 0 Å². The Morgan fingerprint density at radius 1 is 0.917 bits per heavy atom. The lowest BCUT2D eigenvalue weighted by Gasteiger charge is -2.04. The Morgan fingerprint density at radius 2 is 1.54 bits per heavy atom. The molecule has 3 aromatic rings. The van der Waals surface area contributed by atoms with E-state index in [-0.39, 0.29) is 5.78 Å². The maximum atomic E-state index is 12.8. The normalized spacial score (nSPS) is 11.8. The van der Waals surface area contributed by atoms with Gasteiger partial charge in [0, 0.05) is 11.1 Å². The first-order valence-corrected chi connectivity index (χ1v) is 8.44. The van der Waals surface area contributed by atoms with Gasteiger partial charge in [0.15, 0.2) is 0 Å². The number of ketones is 1. The van der Waals surface area contributed by atoms with Crippen molar-refractivity contribution >= 4 is 29.0 Å². The van der Waals surface area contributed by atoms with Gasteiger partial charge in [0.1, 0.15) is 5.71 Å². The number of Topliss-reactive ketones (excluding diaryl/α,β-unsaturated/α-hetero) is 1. The van der Waals surface area contributed by atoms with E-state index in [1.165, 1.54) is 0 Å². The molecule has 0 saturated heterocycles. The van der Waals surface area contributed by atoms with Gasteiger partial charge in [0.2, 0.25) is 5.78 Å². The highest BCUT2D eigenvalue weighted by Crippen LogP contribution is 2.13. The molecule has 3 rings (SSSR count). The summed E-state index contributed by atoms with van der Waals surface area (Å²) in [4.78, 5) is 13.8. The maximum absolute atomic E-state index is 12.8. The van der Waals surface area contributed by atoms with Gasteiger partial charge in [0.05, 0.1) is 11.1 Å². The van der Waals surface area contributed by atoms with Crippen LogP contribution in [-0.2, 0) is 0 Å². The van der Waals surface area contributed by atoms with Crippen LogP contribution >= 0.6 is 11.3 Å². The molecule has 1 aromatic heterocycles. The number of rotatable bonds is 5. The molecule has 0 N–H and O–H groups in total. The highest BCUT2D eigenvalue weighted by Gasteiger charge is 2.15. The third-order valence-electron chi connectivity index (χ3n) is 3.53. The molecule has 118 valence electrons. The Morgan fingerprint density at radius 3 is 2.12 bits per heavy atom. The van der Waals surface area contributed by atoms with Crippen LogP contribution in [0.3, 0.4) is 0 Å². The van der Waals surface area contributed by atoms with E-state index in [0.29, 0.717) is 11.3 Å². The quantitative estimate of drug-likeness (QED) is 0.377. The molecule has 0 radical (unpaired) electrons. The van der Waals surface area contributed by atoms with E-state index in [1.807, 2.05) is 66.9 Å². The second-order valence-electron chi connectivity index (χ2n) is 5.22. The summed E-state index contributed by atoms with van der Waals surface area (Å²) in [5.74, 6) is -0.137. The summed E-state index contributed by atoms with van der Waals surface area (Å²) >= 11 is 1.60. The molecule has 0 unspecified atom stereocenters. The lowest BCUT2D eigenvalue weighted by atomic mass is 10.0. The first-order chi connectivity index (χ1) is 11.8. The second-order valence-corrected chi connectivity index (χ2v) is 6.17. The molecule has 4 heteroatoms. The van der Waals surface area contributed by atoms with Crippen LogP contribution in [0.1, 0.15) is 26.4 Å². The van der Waals surface area contributed by atoms with Crippen LogP contribution in [0.15, 0.2) is 82.3 Å². The van der Waals surface area contributed by atoms with Crippen LogP contribution in [0, 0.1) is 6.92 Å². The van der Waals surface area contributed by atoms with Crippen molar-refractivity contribution < 1.29 is 4.79 Å². The standard InChI is InChI=1S/C20H16N2OS/c1-15-12-13-24-18(15)14-21-22-19(16-8-4-2-5-9-16)20(23)17-10-6-3-7-11-17/h2-14H,1H3/b21-14+,22-19+. The highest BCUT2D eigenvalue weighted by molar-refractivity contribution is 7.11. The van der Waals surface area contributed by atoms with Gasteiger partial charge in [0.25, 0.3) is 0 Å². The monoisotopic (exact) mass is 332 g/mol. The van der Waals surface area contributed by atoms with Gasteiger partial charge < -0.3 is 0 Å². The molecule has 0 aliphatic rings. The fourth-order valence-electron chi connectivity index (χ4n) is 2.21. The van der Waals surface area contributed by atoms with Gasteiger partial charge in [-0.25, -0.2) is 0 Å². The summed E-state index contributed by atoms with van der Waals surface area (Å²) in [7, 11) is 0. The van der Waals surface area contributed by atoms with E-state index in [1.54, 1.807) is 29.7 Å². The van der Waals surface area contributed by atoms with Gasteiger partial charge in [-0.3, -0.25) is 4.79 Å². The first-order valence-electron chi connectivity index (χ1n) is 7.56. The maximum Gasteiger partial charge on any atom is 0.213 e. The lowest BCUT2D eigenvalue weighted by Crippen LogP contribution is -2.15. The van der Waals surface area contributed by atoms with Crippen LogP contribution in [0.25, 0.3) is 0 Å². The van der Waals surface area contributed by atoms with Crippen LogP contribution < -0.4 is 0 Å². The smallest absolute Gasteiger partial charge is 0.213 e. The molecule has 0 spiro atoms. The second kappa shape index (κ2) is 7.62. The van der Waals surface area contributed by atoms with Gasteiger partial charge in [-0.15, -0.1) is 16.4 Å². The number of carbonyl (C=O) groups is 1. The number of carbonyl (C=O) groups excluding carboxylic acids is 1. The van der Waals surface area contributed by atoms with Gasteiger partial charge >= 0.3 is 0 Å². The van der Waals surface area contributed by atoms with Crippen molar-refractivity contribution in [2.24, 2.45) is 10.2 Å². The summed E-state index contributed by atoms with van der Waals surface area (Å²) < 4.78 is 0. The van der Waals surface area contributed by atoms with E-state index in [9.17, 15) is 4.79 Å². The molecule has 0 fully saturated rings. The van der Waals surface area contributed by atoms with Crippen molar-refractivity contribution in [1.29, 1.82) is 0 Å². The van der Waals surface area contributed by atoms with Crippen molar-refractivity contribution in [3.8, 4) is 0 Å². The minimum atomic E-state index is -0.137. The number of hydrogen-bond donors (Lipinski definition) is 0. The van der Waals surface area contributed by atoms with E-state index >= 15 is 0 Å². The van der Waals surface area contributed by atoms with Crippen molar-refractivity contribution in [3.05, 3.63) is 93.7 Å². The molecule has 0 bridgehead atoms. The summed E-state index contributed by atoms with van der Waals surface area (Å²) in [6.07, 6.45) is 1.70. The Hall–Kier alpha value is -2.85. The molecule has 2 aromatic carbocycles. The predicted octanol–water partition coefficient (Wildman–Crippen LogP) is 4.76. The summed E-state index contributed by atoms with van der Waals surface area (Å²) in [5, 5.41) is 10.4. The lowest BCUT2D eigenvalue weighted by molar-refractivity contribution is 0.106. The van der Waals surface area contributed by atoms with E-state index < -0.39 is 0 Å². The topological polar surface area (TPSA) is 41.8 Å².